The van der Waals surface area contributed by atoms with E-state index in [9.17, 15) is 15.2 Å². The molecule has 1 fully saturated rings. The van der Waals surface area contributed by atoms with Crippen molar-refractivity contribution in [1.29, 1.82) is 0 Å². The van der Waals surface area contributed by atoms with Crippen LogP contribution in [0.5, 0.6) is 0 Å². The van der Waals surface area contributed by atoms with Gasteiger partial charge in [-0.1, -0.05) is 26.0 Å². The maximum Gasteiger partial charge on any atom is 0.269 e. The zero-order valence-corrected chi connectivity index (χ0v) is 12.8. The summed E-state index contributed by atoms with van der Waals surface area (Å²) in [5, 5.41) is 24.5. The molecule has 0 heterocycles. The van der Waals surface area contributed by atoms with Crippen LogP contribution in [-0.2, 0) is 6.54 Å². The number of nitro benzene ring substituents is 1. The molecular weight excluding hydrogens is 268 g/mol. The second-order valence-electron chi connectivity index (χ2n) is 6.92. The first-order valence-corrected chi connectivity index (χ1v) is 7.46. The van der Waals surface area contributed by atoms with Gasteiger partial charge in [-0.25, -0.2) is 0 Å². The summed E-state index contributed by atoms with van der Waals surface area (Å²) in [6.07, 6.45) is 3.67. The maximum absolute atomic E-state index is 10.7. The van der Waals surface area contributed by atoms with Crippen molar-refractivity contribution in [3.8, 4) is 0 Å². The van der Waals surface area contributed by atoms with Crippen molar-refractivity contribution in [2.24, 2.45) is 5.41 Å². The van der Waals surface area contributed by atoms with Crippen LogP contribution in [0.25, 0.3) is 0 Å². The van der Waals surface area contributed by atoms with E-state index in [2.05, 4.69) is 19.2 Å². The van der Waals surface area contributed by atoms with Crippen LogP contribution in [0.3, 0.4) is 0 Å². The van der Waals surface area contributed by atoms with Crippen LogP contribution in [0.1, 0.15) is 45.1 Å². The second kappa shape index (κ2) is 6.12. The van der Waals surface area contributed by atoms with Crippen molar-refractivity contribution < 1.29 is 10.0 Å². The zero-order valence-electron chi connectivity index (χ0n) is 12.8. The van der Waals surface area contributed by atoms with Crippen molar-refractivity contribution in [2.75, 3.05) is 6.54 Å². The fourth-order valence-electron chi connectivity index (χ4n) is 2.79. The lowest BCUT2D eigenvalue weighted by Gasteiger charge is -2.40. The summed E-state index contributed by atoms with van der Waals surface area (Å²) < 4.78 is 0. The maximum atomic E-state index is 10.7. The van der Waals surface area contributed by atoms with Gasteiger partial charge in [0, 0.05) is 25.2 Å². The van der Waals surface area contributed by atoms with E-state index in [1.165, 1.54) is 6.07 Å². The minimum Gasteiger partial charge on any atom is -0.389 e. The number of hydrogen-bond donors (Lipinski definition) is 2. The third-order valence-corrected chi connectivity index (χ3v) is 4.44. The quantitative estimate of drug-likeness (QED) is 0.646. The summed E-state index contributed by atoms with van der Waals surface area (Å²) >= 11 is 0. The van der Waals surface area contributed by atoms with Crippen molar-refractivity contribution in [3.63, 3.8) is 0 Å². The molecule has 21 heavy (non-hydrogen) atoms. The van der Waals surface area contributed by atoms with Crippen LogP contribution in [0.2, 0.25) is 0 Å². The molecule has 2 N–H and O–H groups in total. The fourth-order valence-corrected chi connectivity index (χ4v) is 2.79. The van der Waals surface area contributed by atoms with Crippen molar-refractivity contribution in [3.05, 3.63) is 39.9 Å². The lowest BCUT2D eigenvalue weighted by Crippen LogP contribution is -2.44. The van der Waals surface area contributed by atoms with Gasteiger partial charge in [0.2, 0.25) is 0 Å². The number of rotatable bonds is 5. The van der Waals surface area contributed by atoms with E-state index in [0.717, 1.165) is 31.2 Å². The number of nitrogens with one attached hydrogen (secondary N) is 1. The van der Waals surface area contributed by atoms with Gasteiger partial charge in [0.25, 0.3) is 5.69 Å². The van der Waals surface area contributed by atoms with E-state index in [4.69, 9.17) is 0 Å². The first-order chi connectivity index (χ1) is 9.80. The molecule has 1 aliphatic carbocycles. The SMILES string of the molecule is CC1(C)CCC(O)(CNCc2cccc([N+](=O)[O-])c2)CC1. The highest BCUT2D eigenvalue weighted by Crippen LogP contribution is 2.39. The number of hydrogen-bond acceptors (Lipinski definition) is 4. The van der Waals surface area contributed by atoms with Crippen LogP contribution >= 0.6 is 0 Å². The molecule has 0 aliphatic heterocycles. The Labute approximate surface area is 125 Å². The number of benzene rings is 1. The monoisotopic (exact) mass is 292 g/mol. The Bertz CT molecular complexity index is 504. The average molecular weight is 292 g/mol. The summed E-state index contributed by atoms with van der Waals surface area (Å²) in [6, 6.07) is 6.60. The Morgan fingerprint density at radius 3 is 2.57 bits per heavy atom. The summed E-state index contributed by atoms with van der Waals surface area (Å²) in [5.41, 5.74) is 0.652. The first-order valence-electron chi connectivity index (χ1n) is 7.46. The summed E-state index contributed by atoms with van der Waals surface area (Å²) in [5.74, 6) is 0. The highest BCUT2D eigenvalue weighted by Gasteiger charge is 2.36. The molecule has 1 aliphatic rings. The van der Waals surface area contributed by atoms with Crippen molar-refractivity contribution in [1.82, 2.24) is 5.32 Å². The Morgan fingerprint density at radius 2 is 1.95 bits per heavy atom. The van der Waals surface area contributed by atoms with E-state index in [-0.39, 0.29) is 10.6 Å². The Morgan fingerprint density at radius 1 is 1.29 bits per heavy atom. The molecule has 0 atom stereocenters. The Kier molecular flexibility index (Phi) is 4.64. The van der Waals surface area contributed by atoms with Gasteiger partial charge in [-0.15, -0.1) is 0 Å². The number of non-ortho nitro benzene ring substituents is 1. The molecule has 1 saturated carbocycles. The van der Waals surface area contributed by atoms with Gasteiger partial charge in [-0.05, 0) is 36.7 Å². The summed E-state index contributed by atoms with van der Waals surface area (Å²) in [6.45, 7) is 5.55. The van der Waals surface area contributed by atoms with E-state index < -0.39 is 5.60 Å². The molecule has 0 aromatic heterocycles. The lowest BCUT2D eigenvalue weighted by atomic mass is 9.71. The molecule has 0 radical (unpaired) electrons. The van der Waals surface area contributed by atoms with Gasteiger partial charge in [0.15, 0.2) is 0 Å². The molecule has 0 spiro atoms. The molecular formula is C16H24N2O3. The van der Waals surface area contributed by atoms with Crippen LogP contribution < -0.4 is 5.32 Å². The van der Waals surface area contributed by atoms with E-state index >= 15 is 0 Å². The van der Waals surface area contributed by atoms with E-state index in [1.807, 2.05) is 6.07 Å². The summed E-state index contributed by atoms with van der Waals surface area (Å²) in [7, 11) is 0. The molecule has 0 saturated heterocycles. The predicted molar refractivity (Wildman–Crippen MR) is 82.0 cm³/mol. The van der Waals surface area contributed by atoms with Crippen molar-refractivity contribution in [2.45, 2.75) is 51.7 Å². The highest BCUT2D eigenvalue weighted by atomic mass is 16.6. The Hall–Kier alpha value is -1.46. The molecule has 5 nitrogen and oxygen atoms in total. The van der Waals surface area contributed by atoms with Crippen LogP contribution in [0.15, 0.2) is 24.3 Å². The van der Waals surface area contributed by atoms with Crippen LogP contribution in [0.4, 0.5) is 5.69 Å². The average Bonchev–Trinajstić information content (AvgIpc) is 2.43. The van der Waals surface area contributed by atoms with E-state index in [0.29, 0.717) is 18.5 Å². The normalized spacial score (nSPS) is 20.1. The minimum absolute atomic E-state index is 0.104. The zero-order chi connectivity index (χ0) is 15.5. The third-order valence-electron chi connectivity index (χ3n) is 4.44. The molecule has 5 heteroatoms. The van der Waals surface area contributed by atoms with Gasteiger partial charge in [-0.2, -0.15) is 0 Å². The van der Waals surface area contributed by atoms with Crippen molar-refractivity contribution >= 4 is 5.69 Å². The smallest absolute Gasteiger partial charge is 0.269 e. The molecule has 0 unspecified atom stereocenters. The Balaban J connectivity index is 1.84. The molecule has 1 aromatic carbocycles. The van der Waals surface area contributed by atoms with Gasteiger partial charge >= 0.3 is 0 Å². The standard InChI is InChI=1S/C16H24N2O3/c1-15(2)6-8-16(19,9-7-15)12-17-11-13-4-3-5-14(10-13)18(20)21/h3-5,10,17,19H,6-9,11-12H2,1-2H3. The van der Waals surface area contributed by atoms with Gasteiger partial charge in [0.05, 0.1) is 10.5 Å². The minimum atomic E-state index is -0.643. The highest BCUT2D eigenvalue weighted by molar-refractivity contribution is 5.34. The molecule has 2 rings (SSSR count). The first kappa shape index (κ1) is 15.9. The molecule has 1 aromatic rings. The lowest BCUT2D eigenvalue weighted by molar-refractivity contribution is -0.384. The van der Waals surface area contributed by atoms with Gasteiger partial charge < -0.3 is 10.4 Å². The van der Waals surface area contributed by atoms with Gasteiger partial charge in [0.1, 0.15) is 0 Å². The molecule has 0 bridgehead atoms. The fraction of sp³-hybridized carbons (Fsp3) is 0.625. The van der Waals surface area contributed by atoms with E-state index in [1.54, 1.807) is 12.1 Å². The number of nitro groups is 1. The number of aliphatic hydroxyl groups is 1. The number of nitrogens with zero attached hydrogens (tertiary/aromatic N) is 1. The summed E-state index contributed by atoms with van der Waals surface area (Å²) in [4.78, 5) is 10.3. The molecule has 116 valence electrons. The largest absolute Gasteiger partial charge is 0.389 e. The second-order valence-corrected chi connectivity index (χ2v) is 6.92. The third kappa shape index (κ3) is 4.51. The van der Waals surface area contributed by atoms with Crippen LogP contribution in [0, 0.1) is 15.5 Å². The van der Waals surface area contributed by atoms with Gasteiger partial charge in [-0.3, -0.25) is 10.1 Å². The molecule has 0 amide bonds. The van der Waals surface area contributed by atoms with Crippen LogP contribution in [-0.4, -0.2) is 22.2 Å². The topological polar surface area (TPSA) is 75.4 Å². The predicted octanol–water partition coefficient (Wildman–Crippen LogP) is 3.02.